The number of halogens is 1. The number of hydrogen-bond donors (Lipinski definition) is 1. The van der Waals surface area contributed by atoms with Crippen molar-refractivity contribution >= 4 is 17.5 Å². The van der Waals surface area contributed by atoms with E-state index in [9.17, 15) is 4.79 Å². The van der Waals surface area contributed by atoms with Gasteiger partial charge in [-0.05, 0) is 30.9 Å². The zero-order valence-electron chi connectivity index (χ0n) is 11.6. The Morgan fingerprint density at radius 3 is 2.75 bits per heavy atom. The Balaban J connectivity index is 1.73. The van der Waals surface area contributed by atoms with Gasteiger partial charge < -0.3 is 5.32 Å². The van der Waals surface area contributed by atoms with Crippen molar-refractivity contribution in [1.82, 2.24) is 5.32 Å². The molecular formula is C17H20ClNO. The van der Waals surface area contributed by atoms with Gasteiger partial charge >= 0.3 is 0 Å². The van der Waals surface area contributed by atoms with Crippen molar-refractivity contribution < 1.29 is 4.79 Å². The van der Waals surface area contributed by atoms with Crippen LogP contribution < -0.4 is 5.32 Å². The molecule has 0 atom stereocenters. The molecule has 1 aromatic rings. The van der Waals surface area contributed by atoms with Gasteiger partial charge in [-0.15, -0.1) is 0 Å². The Labute approximate surface area is 125 Å². The Morgan fingerprint density at radius 2 is 2.00 bits per heavy atom. The summed E-state index contributed by atoms with van der Waals surface area (Å²) in [7, 11) is 0. The molecule has 1 fully saturated rings. The molecule has 0 aliphatic heterocycles. The third kappa shape index (κ3) is 4.90. The highest BCUT2D eigenvalue weighted by Gasteiger charge is 2.16. The molecule has 0 bridgehead atoms. The van der Waals surface area contributed by atoms with Crippen molar-refractivity contribution in [3.63, 3.8) is 0 Å². The summed E-state index contributed by atoms with van der Waals surface area (Å²) < 4.78 is 0. The van der Waals surface area contributed by atoms with Gasteiger partial charge in [0, 0.05) is 12.0 Å². The predicted octanol–water partition coefficient (Wildman–Crippen LogP) is 3.78. The predicted molar refractivity (Wildman–Crippen MR) is 82.5 cm³/mol. The summed E-state index contributed by atoms with van der Waals surface area (Å²) in [6.45, 7) is 0.386. The lowest BCUT2D eigenvalue weighted by Crippen LogP contribution is -2.26. The summed E-state index contributed by atoms with van der Waals surface area (Å²) >= 11 is 6.00. The minimum atomic E-state index is 0.116. The fourth-order valence-electron chi connectivity index (χ4n) is 2.57. The van der Waals surface area contributed by atoms with Crippen molar-refractivity contribution in [2.75, 3.05) is 6.54 Å². The molecule has 1 amide bonds. The number of amides is 1. The second-order valence-electron chi connectivity index (χ2n) is 5.27. The Kier molecular flexibility index (Phi) is 5.95. The molecule has 0 aromatic heterocycles. The molecule has 1 aliphatic carbocycles. The molecule has 2 nitrogen and oxygen atoms in total. The van der Waals surface area contributed by atoms with Crippen LogP contribution in [0.2, 0.25) is 5.02 Å². The van der Waals surface area contributed by atoms with Crippen LogP contribution in [-0.2, 0) is 4.79 Å². The van der Waals surface area contributed by atoms with Gasteiger partial charge in [0.05, 0.1) is 11.6 Å². The molecule has 1 N–H and O–H groups in total. The highest BCUT2D eigenvalue weighted by atomic mass is 35.5. The number of rotatable bonds is 3. The van der Waals surface area contributed by atoms with Crippen LogP contribution in [0.4, 0.5) is 0 Å². The molecule has 2 rings (SSSR count). The maximum absolute atomic E-state index is 11.8. The average Bonchev–Trinajstić information content (AvgIpc) is 2.46. The van der Waals surface area contributed by atoms with Crippen LogP contribution in [0.15, 0.2) is 24.3 Å². The minimum absolute atomic E-state index is 0.116. The standard InChI is InChI=1S/C17H20ClNO/c18-16-11-5-4-9-15(16)10-6-12-19-17(20)13-14-7-2-1-3-8-14/h4-5,9,11,14H,1-3,7-8,12-13H2,(H,19,20). The topological polar surface area (TPSA) is 29.1 Å². The zero-order chi connectivity index (χ0) is 14.2. The molecule has 20 heavy (non-hydrogen) atoms. The molecule has 0 heterocycles. The average molecular weight is 290 g/mol. The van der Waals surface area contributed by atoms with Crippen LogP contribution in [0.3, 0.4) is 0 Å². The Bertz CT molecular complexity index is 509. The van der Waals surface area contributed by atoms with E-state index in [1.165, 1.54) is 32.1 Å². The van der Waals surface area contributed by atoms with Crippen LogP contribution >= 0.6 is 11.6 Å². The summed E-state index contributed by atoms with van der Waals surface area (Å²) in [4.78, 5) is 11.8. The quantitative estimate of drug-likeness (QED) is 0.843. The van der Waals surface area contributed by atoms with Crippen LogP contribution in [0, 0.1) is 17.8 Å². The van der Waals surface area contributed by atoms with Gasteiger partial charge in [-0.2, -0.15) is 0 Å². The molecule has 1 aromatic carbocycles. The summed E-state index contributed by atoms with van der Waals surface area (Å²) in [5.74, 6) is 6.61. The third-order valence-corrected chi connectivity index (χ3v) is 4.00. The van der Waals surface area contributed by atoms with Gasteiger partial charge in [-0.3, -0.25) is 4.79 Å². The lowest BCUT2D eigenvalue weighted by molar-refractivity contribution is -0.122. The Hall–Kier alpha value is -1.46. The zero-order valence-corrected chi connectivity index (χ0v) is 12.4. The Morgan fingerprint density at radius 1 is 1.25 bits per heavy atom. The highest BCUT2D eigenvalue weighted by Crippen LogP contribution is 2.25. The van der Waals surface area contributed by atoms with Crippen molar-refractivity contribution in [2.24, 2.45) is 5.92 Å². The summed E-state index contributed by atoms with van der Waals surface area (Å²) in [5.41, 5.74) is 0.802. The smallest absolute Gasteiger partial charge is 0.221 e. The third-order valence-electron chi connectivity index (χ3n) is 3.67. The maximum Gasteiger partial charge on any atom is 0.221 e. The molecular weight excluding hydrogens is 270 g/mol. The monoisotopic (exact) mass is 289 g/mol. The van der Waals surface area contributed by atoms with Gasteiger partial charge in [0.1, 0.15) is 0 Å². The summed E-state index contributed by atoms with van der Waals surface area (Å²) in [5, 5.41) is 3.51. The van der Waals surface area contributed by atoms with Crippen molar-refractivity contribution in [3.8, 4) is 11.8 Å². The van der Waals surface area contributed by atoms with E-state index in [2.05, 4.69) is 17.2 Å². The fourth-order valence-corrected chi connectivity index (χ4v) is 2.75. The lowest BCUT2D eigenvalue weighted by Gasteiger charge is -2.20. The van der Waals surface area contributed by atoms with Crippen LogP contribution in [0.25, 0.3) is 0 Å². The molecule has 106 valence electrons. The molecule has 3 heteroatoms. The highest BCUT2D eigenvalue weighted by molar-refractivity contribution is 6.31. The second-order valence-corrected chi connectivity index (χ2v) is 5.67. The van der Waals surface area contributed by atoms with Crippen molar-refractivity contribution in [2.45, 2.75) is 38.5 Å². The number of hydrogen-bond acceptors (Lipinski definition) is 1. The van der Waals surface area contributed by atoms with Crippen LogP contribution in [-0.4, -0.2) is 12.5 Å². The van der Waals surface area contributed by atoms with Gasteiger partial charge in [0.2, 0.25) is 5.91 Å². The number of carbonyl (C=O) groups is 1. The van der Waals surface area contributed by atoms with E-state index < -0.39 is 0 Å². The van der Waals surface area contributed by atoms with E-state index in [4.69, 9.17) is 11.6 Å². The first-order valence-electron chi connectivity index (χ1n) is 7.26. The fraction of sp³-hybridized carbons (Fsp3) is 0.471. The van der Waals surface area contributed by atoms with E-state index in [0.717, 1.165) is 5.56 Å². The SMILES string of the molecule is O=C(CC1CCCCC1)NCC#Cc1ccccc1Cl. The van der Waals surface area contributed by atoms with E-state index in [1.54, 1.807) is 0 Å². The molecule has 1 saturated carbocycles. The van der Waals surface area contributed by atoms with E-state index in [1.807, 2.05) is 24.3 Å². The van der Waals surface area contributed by atoms with Gasteiger partial charge in [0.15, 0.2) is 0 Å². The van der Waals surface area contributed by atoms with Crippen molar-refractivity contribution in [1.29, 1.82) is 0 Å². The molecule has 0 spiro atoms. The first-order valence-corrected chi connectivity index (χ1v) is 7.63. The number of carbonyl (C=O) groups excluding carboxylic acids is 1. The number of benzene rings is 1. The van der Waals surface area contributed by atoms with Gasteiger partial charge in [-0.25, -0.2) is 0 Å². The van der Waals surface area contributed by atoms with Gasteiger partial charge in [-0.1, -0.05) is 54.8 Å². The molecule has 0 saturated heterocycles. The normalized spacial score (nSPS) is 15.2. The van der Waals surface area contributed by atoms with Crippen LogP contribution in [0.1, 0.15) is 44.1 Å². The molecule has 0 unspecified atom stereocenters. The first-order chi connectivity index (χ1) is 9.75. The maximum atomic E-state index is 11.8. The lowest BCUT2D eigenvalue weighted by atomic mass is 9.87. The summed E-state index contributed by atoms with van der Waals surface area (Å²) in [6.07, 6.45) is 6.89. The second kappa shape index (κ2) is 7.97. The largest absolute Gasteiger partial charge is 0.345 e. The van der Waals surface area contributed by atoms with E-state index in [0.29, 0.717) is 23.9 Å². The molecule has 0 radical (unpaired) electrons. The van der Waals surface area contributed by atoms with Gasteiger partial charge in [0.25, 0.3) is 0 Å². The first kappa shape index (κ1) is 14.9. The van der Waals surface area contributed by atoms with E-state index >= 15 is 0 Å². The van der Waals surface area contributed by atoms with E-state index in [-0.39, 0.29) is 5.91 Å². The minimum Gasteiger partial charge on any atom is -0.345 e. The van der Waals surface area contributed by atoms with Crippen LogP contribution in [0.5, 0.6) is 0 Å². The summed E-state index contributed by atoms with van der Waals surface area (Å²) in [6, 6.07) is 7.46. The van der Waals surface area contributed by atoms with Crippen molar-refractivity contribution in [3.05, 3.63) is 34.9 Å². The molecule has 1 aliphatic rings. The number of nitrogens with one attached hydrogen (secondary N) is 1.